The van der Waals surface area contributed by atoms with Crippen molar-refractivity contribution in [2.45, 2.75) is 70.4 Å². The zero-order chi connectivity index (χ0) is 39.2. The van der Waals surface area contributed by atoms with Crippen molar-refractivity contribution in [2.24, 2.45) is 5.16 Å². The van der Waals surface area contributed by atoms with Crippen LogP contribution in [-0.2, 0) is 52.3 Å². The van der Waals surface area contributed by atoms with Gasteiger partial charge in [-0.25, -0.2) is 14.6 Å². The Kier molecular flexibility index (Phi) is 13.1. The molecule has 2 atom stereocenters. The summed E-state index contributed by atoms with van der Waals surface area (Å²) in [6, 6.07) is 11.9. The van der Waals surface area contributed by atoms with Crippen molar-refractivity contribution in [3.8, 4) is 5.75 Å². The molecule has 0 spiro atoms. The van der Waals surface area contributed by atoms with Crippen LogP contribution in [0.4, 0.5) is 9.93 Å². The number of methoxy groups -OCH3 is 1. The van der Waals surface area contributed by atoms with Crippen molar-refractivity contribution >= 4 is 74.7 Å². The van der Waals surface area contributed by atoms with Gasteiger partial charge in [0, 0.05) is 23.8 Å². The van der Waals surface area contributed by atoms with Crippen molar-refractivity contribution in [1.29, 1.82) is 0 Å². The van der Waals surface area contributed by atoms with E-state index in [1.807, 2.05) is 25.1 Å². The minimum absolute atomic E-state index is 0.0178. The molecule has 1 aromatic heterocycles. The highest BCUT2D eigenvalue weighted by Gasteiger charge is 2.54. The first-order chi connectivity index (χ1) is 25.7. The molecule has 0 saturated carbocycles. The Bertz CT molecular complexity index is 1990. The first-order valence-corrected chi connectivity index (χ1v) is 19.7. The molecule has 1 saturated heterocycles. The van der Waals surface area contributed by atoms with Gasteiger partial charge in [0.25, 0.3) is 11.8 Å². The standard InChI is InChI=1S/C37H41N5O9S3/c1-20-23(9-8-10-24(20)17-52-21(2)43)15-25-18-53-33-29(32(45)42(33)30(25)34(46)50-16-22-11-13-26(48-6)14-12-22)39-31(44)28(41-49-7)27-19-54-35(38-27)40-36(47)51-37(3,4)5/h8-14,19,29,33H,15-18H2,1-7H3,(H,39,44)(H,38,40,47)/t29-,33-/m1/s1. The summed E-state index contributed by atoms with van der Waals surface area (Å²) in [5.41, 5.74) is 3.68. The van der Waals surface area contributed by atoms with E-state index in [9.17, 15) is 24.0 Å². The molecule has 2 aromatic carbocycles. The van der Waals surface area contributed by atoms with E-state index in [1.165, 1.54) is 47.8 Å². The van der Waals surface area contributed by atoms with Crippen LogP contribution in [0.15, 0.2) is 64.3 Å². The molecule has 286 valence electrons. The molecule has 0 unspecified atom stereocenters. The number of hydrogen-bond donors (Lipinski definition) is 2. The van der Waals surface area contributed by atoms with E-state index >= 15 is 0 Å². The largest absolute Gasteiger partial charge is 0.497 e. The number of carbonyl (C=O) groups excluding carboxylic acids is 5. The average Bonchev–Trinajstić information content (AvgIpc) is 3.58. The normalized spacial score (nSPS) is 16.9. The lowest BCUT2D eigenvalue weighted by Crippen LogP contribution is -2.71. The number of hydrogen-bond acceptors (Lipinski definition) is 14. The van der Waals surface area contributed by atoms with E-state index in [-0.39, 0.29) is 34.0 Å². The summed E-state index contributed by atoms with van der Waals surface area (Å²) in [4.78, 5) is 75.9. The van der Waals surface area contributed by atoms with Crippen LogP contribution in [0.3, 0.4) is 0 Å². The third-order valence-electron chi connectivity index (χ3n) is 8.20. The van der Waals surface area contributed by atoms with Crippen LogP contribution in [0, 0.1) is 6.92 Å². The van der Waals surface area contributed by atoms with Gasteiger partial charge < -0.3 is 24.4 Å². The fourth-order valence-electron chi connectivity index (χ4n) is 5.58. The van der Waals surface area contributed by atoms with Gasteiger partial charge in [-0.3, -0.25) is 24.6 Å². The van der Waals surface area contributed by atoms with E-state index in [0.29, 0.717) is 29.2 Å². The van der Waals surface area contributed by atoms with Gasteiger partial charge in [0.15, 0.2) is 16.0 Å². The molecule has 3 heterocycles. The molecule has 1 fully saturated rings. The molecule has 14 nitrogen and oxygen atoms in total. The lowest BCUT2D eigenvalue weighted by molar-refractivity contribution is -0.153. The van der Waals surface area contributed by atoms with Crippen molar-refractivity contribution in [3.05, 3.63) is 87.1 Å². The molecule has 0 bridgehead atoms. The van der Waals surface area contributed by atoms with Crippen molar-refractivity contribution in [1.82, 2.24) is 15.2 Å². The zero-order valence-electron chi connectivity index (χ0n) is 30.8. The van der Waals surface area contributed by atoms with Gasteiger partial charge >= 0.3 is 12.1 Å². The molecule has 2 aliphatic heterocycles. The van der Waals surface area contributed by atoms with Crippen LogP contribution in [0.5, 0.6) is 5.75 Å². The van der Waals surface area contributed by atoms with Crippen LogP contribution in [0.2, 0.25) is 0 Å². The Morgan fingerprint density at radius 2 is 1.80 bits per heavy atom. The van der Waals surface area contributed by atoms with Crippen molar-refractivity contribution < 1.29 is 43.0 Å². The number of β-lactam (4-membered cyclic amide) rings is 1. The van der Waals surface area contributed by atoms with Crippen LogP contribution >= 0.6 is 34.9 Å². The highest BCUT2D eigenvalue weighted by molar-refractivity contribution is 8.12. The fourth-order valence-corrected chi connectivity index (χ4v) is 8.27. The lowest BCUT2D eigenvalue weighted by Gasteiger charge is -2.49. The van der Waals surface area contributed by atoms with Gasteiger partial charge in [-0.05, 0) is 74.1 Å². The second-order valence-corrected chi connectivity index (χ2v) is 16.3. The minimum atomic E-state index is -0.998. The highest BCUT2D eigenvalue weighted by Crippen LogP contribution is 2.42. The van der Waals surface area contributed by atoms with E-state index in [1.54, 1.807) is 52.1 Å². The number of thioether (sulfide) groups is 2. The van der Waals surface area contributed by atoms with E-state index in [2.05, 4.69) is 20.8 Å². The summed E-state index contributed by atoms with van der Waals surface area (Å²) in [7, 11) is 2.83. The van der Waals surface area contributed by atoms with Gasteiger partial charge in [0.05, 0.1) is 7.11 Å². The summed E-state index contributed by atoms with van der Waals surface area (Å²) in [6.07, 6.45) is -0.348. The van der Waals surface area contributed by atoms with Gasteiger partial charge in [0.1, 0.15) is 47.9 Å². The molecule has 3 amide bonds. The number of benzene rings is 2. The second-order valence-electron chi connectivity index (χ2n) is 13.2. The fraction of sp³-hybridized carbons (Fsp3) is 0.378. The predicted molar refractivity (Wildman–Crippen MR) is 207 cm³/mol. The Morgan fingerprint density at radius 1 is 1.07 bits per heavy atom. The second kappa shape index (κ2) is 17.5. The monoisotopic (exact) mass is 795 g/mol. The number of oxime groups is 1. The van der Waals surface area contributed by atoms with E-state index < -0.39 is 40.9 Å². The Balaban J connectivity index is 1.36. The topological polar surface area (TPSA) is 175 Å². The maximum atomic E-state index is 13.9. The third-order valence-corrected chi connectivity index (χ3v) is 11.2. The summed E-state index contributed by atoms with van der Waals surface area (Å²) >= 11 is 3.68. The van der Waals surface area contributed by atoms with E-state index in [4.69, 9.17) is 19.0 Å². The molecule has 3 aromatic rings. The van der Waals surface area contributed by atoms with Crippen LogP contribution < -0.4 is 15.4 Å². The molecular formula is C37H41N5O9S3. The average molecular weight is 796 g/mol. The number of fused-ring (bicyclic) bond motifs is 1. The van der Waals surface area contributed by atoms with Crippen LogP contribution in [0.25, 0.3) is 0 Å². The van der Waals surface area contributed by atoms with Gasteiger partial charge in [-0.15, -0.1) is 23.1 Å². The first-order valence-electron chi connectivity index (χ1n) is 16.7. The summed E-state index contributed by atoms with van der Waals surface area (Å²) in [5, 5.41) is 10.2. The molecule has 2 aliphatic rings. The smallest absolute Gasteiger partial charge is 0.413 e. The first kappa shape index (κ1) is 40.3. The van der Waals surface area contributed by atoms with Crippen LogP contribution in [-0.4, -0.2) is 81.6 Å². The number of anilines is 1. The molecule has 17 heteroatoms. The molecule has 5 rings (SSSR count). The number of aromatic nitrogens is 1. The summed E-state index contributed by atoms with van der Waals surface area (Å²) in [6.45, 7) is 8.65. The Hall–Kier alpha value is -4.87. The lowest BCUT2D eigenvalue weighted by atomic mass is 9.95. The molecule has 2 N–H and O–H groups in total. The number of nitrogens with one attached hydrogen (secondary N) is 2. The zero-order valence-corrected chi connectivity index (χ0v) is 33.3. The van der Waals surface area contributed by atoms with Crippen LogP contribution in [0.1, 0.15) is 55.6 Å². The van der Waals surface area contributed by atoms with E-state index in [0.717, 1.165) is 33.6 Å². The van der Waals surface area contributed by atoms with Gasteiger partial charge in [0.2, 0.25) is 0 Å². The number of carbonyl (C=O) groups is 5. The molecule has 54 heavy (non-hydrogen) atoms. The predicted octanol–water partition coefficient (Wildman–Crippen LogP) is 5.58. The number of thiazole rings is 1. The quantitative estimate of drug-likeness (QED) is 0.0954. The van der Waals surface area contributed by atoms with Crippen molar-refractivity contribution in [2.75, 3.05) is 25.3 Å². The maximum Gasteiger partial charge on any atom is 0.413 e. The van der Waals surface area contributed by atoms with Gasteiger partial charge in [-0.1, -0.05) is 47.2 Å². The summed E-state index contributed by atoms with van der Waals surface area (Å²) < 4.78 is 16.3. The molecular weight excluding hydrogens is 755 g/mol. The number of rotatable bonds is 13. The number of ether oxygens (including phenoxy) is 3. The number of nitrogens with zero attached hydrogens (tertiary/aromatic N) is 3. The minimum Gasteiger partial charge on any atom is -0.497 e. The van der Waals surface area contributed by atoms with Crippen molar-refractivity contribution in [3.63, 3.8) is 0 Å². The van der Waals surface area contributed by atoms with Gasteiger partial charge in [-0.2, -0.15) is 0 Å². The highest BCUT2D eigenvalue weighted by atomic mass is 32.2. The SMILES string of the molecule is CON=C(C(=O)N[C@@H]1C(=O)N2C(C(=O)OCc3ccc(OC)cc3)=C(Cc3cccc(CSC(C)=O)c3C)CS[C@H]12)c1csc(NC(=O)OC(C)(C)C)n1. The molecule has 0 aliphatic carbocycles. The Morgan fingerprint density at radius 3 is 2.46 bits per heavy atom. The number of esters is 1. The number of amides is 3. The Labute approximate surface area is 325 Å². The maximum absolute atomic E-state index is 13.9. The third kappa shape index (κ3) is 9.81. The molecule has 0 radical (unpaired) electrons. The summed E-state index contributed by atoms with van der Waals surface area (Å²) in [5.74, 6) is -0.347.